The predicted molar refractivity (Wildman–Crippen MR) is 322 cm³/mol. The van der Waals surface area contributed by atoms with Crippen molar-refractivity contribution in [1.29, 1.82) is 0 Å². The van der Waals surface area contributed by atoms with Gasteiger partial charge in [-0.25, -0.2) is 15.0 Å². The Morgan fingerprint density at radius 1 is 0.520 bits per heavy atom. The molecule has 0 saturated heterocycles. The SMILES string of the molecule is C/C=C\C=C/CC.C=C/C=C\C.CC.Cc1ccc(-n2c3c(c4ccc(-c5ccc6c(c5)c5ccccc5n6-c5cccc(-c6nc(-c7ccccc7)nc(-c7ccccc7)n6)c5)cc42)C/C(=C\C=C/N)C=C3)cc1. The van der Waals surface area contributed by atoms with Crippen LogP contribution in [0, 0.1) is 6.92 Å². The van der Waals surface area contributed by atoms with E-state index in [0.717, 1.165) is 57.5 Å². The van der Waals surface area contributed by atoms with Crippen molar-refractivity contribution in [3.05, 3.63) is 266 Å². The third-order valence-corrected chi connectivity index (χ3v) is 12.7. The average Bonchev–Trinajstić information content (AvgIpc) is 3.99. The fraction of sp³-hybridized carbons (Fsp3) is 0.116. The van der Waals surface area contributed by atoms with Crippen LogP contribution in [-0.2, 0) is 6.42 Å². The van der Waals surface area contributed by atoms with Gasteiger partial charge in [-0.3, -0.25) is 0 Å². The zero-order chi connectivity index (χ0) is 52.5. The van der Waals surface area contributed by atoms with Gasteiger partial charge in [0.2, 0.25) is 0 Å². The van der Waals surface area contributed by atoms with Gasteiger partial charge in [0.15, 0.2) is 17.5 Å². The van der Waals surface area contributed by atoms with Crippen molar-refractivity contribution >= 4 is 38.8 Å². The van der Waals surface area contributed by atoms with Gasteiger partial charge in [-0.05, 0) is 116 Å². The number of aryl methyl sites for hydroxylation is 1. The van der Waals surface area contributed by atoms with Crippen molar-refractivity contribution in [2.45, 2.75) is 54.4 Å². The highest BCUT2D eigenvalue weighted by Crippen LogP contribution is 2.40. The second kappa shape index (κ2) is 25.5. The summed E-state index contributed by atoms with van der Waals surface area (Å²) in [6, 6.07) is 60.0. The molecule has 3 aromatic heterocycles. The van der Waals surface area contributed by atoms with E-state index in [2.05, 4.69) is 169 Å². The van der Waals surface area contributed by atoms with Crippen molar-refractivity contribution in [3.8, 4) is 56.7 Å². The number of rotatable bonds is 10. The van der Waals surface area contributed by atoms with E-state index in [1.54, 1.807) is 12.3 Å². The van der Waals surface area contributed by atoms with Gasteiger partial charge in [0.05, 0.1) is 22.2 Å². The van der Waals surface area contributed by atoms with Gasteiger partial charge in [-0.15, -0.1) is 0 Å². The summed E-state index contributed by atoms with van der Waals surface area (Å²) in [5, 5.41) is 3.64. The van der Waals surface area contributed by atoms with Crippen molar-refractivity contribution in [1.82, 2.24) is 24.1 Å². The molecular formula is C69H66N6. The summed E-state index contributed by atoms with van der Waals surface area (Å²) in [7, 11) is 0. The van der Waals surface area contributed by atoms with Crippen LogP contribution in [-0.4, -0.2) is 24.1 Å². The molecule has 0 aliphatic heterocycles. The molecule has 11 rings (SSSR count). The first kappa shape index (κ1) is 52.2. The minimum atomic E-state index is 0.625. The van der Waals surface area contributed by atoms with E-state index in [-0.39, 0.29) is 0 Å². The first-order chi connectivity index (χ1) is 36.9. The Morgan fingerprint density at radius 3 is 1.77 bits per heavy atom. The van der Waals surface area contributed by atoms with Crippen LogP contribution in [0.2, 0.25) is 0 Å². The highest BCUT2D eigenvalue weighted by molar-refractivity contribution is 6.10. The first-order valence-electron chi connectivity index (χ1n) is 26.0. The van der Waals surface area contributed by atoms with Gasteiger partial charge in [-0.2, -0.15) is 0 Å². The maximum absolute atomic E-state index is 5.70. The van der Waals surface area contributed by atoms with Crippen LogP contribution in [0.25, 0.3) is 95.5 Å². The van der Waals surface area contributed by atoms with Crippen LogP contribution in [0.1, 0.15) is 57.9 Å². The number of nitrogens with zero attached hydrogens (tertiary/aromatic N) is 5. The zero-order valence-corrected chi connectivity index (χ0v) is 44.0. The summed E-state index contributed by atoms with van der Waals surface area (Å²) in [6.45, 7) is 15.7. The van der Waals surface area contributed by atoms with Crippen molar-refractivity contribution < 1.29 is 0 Å². The Morgan fingerprint density at radius 2 is 1.13 bits per heavy atom. The largest absolute Gasteiger partial charge is 0.405 e. The minimum absolute atomic E-state index is 0.625. The van der Waals surface area contributed by atoms with Crippen LogP contribution >= 0.6 is 0 Å². The summed E-state index contributed by atoms with van der Waals surface area (Å²) >= 11 is 0. The van der Waals surface area contributed by atoms with Gasteiger partial charge in [0.25, 0.3) is 0 Å². The molecular weight excluding hydrogens is 913 g/mol. The monoisotopic (exact) mass is 979 g/mol. The van der Waals surface area contributed by atoms with Crippen LogP contribution in [0.3, 0.4) is 0 Å². The Balaban J connectivity index is 0.000000477. The molecule has 75 heavy (non-hydrogen) atoms. The number of allylic oxidation sites excluding steroid dienone is 11. The molecule has 0 saturated carbocycles. The van der Waals surface area contributed by atoms with Crippen molar-refractivity contribution in [3.63, 3.8) is 0 Å². The van der Waals surface area contributed by atoms with Gasteiger partial charge in [0.1, 0.15) is 0 Å². The molecule has 10 aromatic rings. The van der Waals surface area contributed by atoms with Crippen LogP contribution in [0.4, 0.5) is 0 Å². The molecule has 2 N–H and O–H groups in total. The first-order valence-corrected chi connectivity index (χ1v) is 26.0. The van der Waals surface area contributed by atoms with E-state index >= 15 is 0 Å². The number of hydrogen-bond acceptors (Lipinski definition) is 4. The number of hydrogen-bond donors (Lipinski definition) is 1. The fourth-order valence-electron chi connectivity index (χ4n) is 9.24. The third-order valence-electron chi connectivity index (χ3n) is 12.7. The molecule has 372 valence electrons. The molecule has 1 aliphatic rings. The second-order valence-electron chi connectivity index (χ2n) is 17.7. The minimum Gasteiger partial charge on any atom is -0.405 e. The molecule has 3 heterocycles. The summed E-state index contributed by atoms with van der Waals surface area (Å²) in [6.07, 6.45) is 25.8. The normalized spacial score (nSPS) is 12.5. The van der Waals surface area contributed by atoms with Crippen LogP contribution in [0.15, 0.2) is 249 Å². The number of aromatic nitrogens is 5. The summed E-state index contributed by atoms with van der Waals surface area (Å²) in [4.78, 5) is 15.0. The van der Waals surface area contributed by atoms with E-state index in [9.17, 15) is 0 Å². The van der Waals surface area contributed by atoms with E-state index in [0.29, 0.717) is 17.5 Å². The predicted octanol–water partition coefficient (Wildman–Crippen LogP) is 18.2. The highest BCUT2D eigenvalue weighted by atomic mass is 15.0. The number of benzene rings is 7. The Hall–Kier alpha value is -9.13. The Labute approximate surface area is 443 Å². The van der Waals surface area contributed by atoms with Gasteiger partial charge >= 0.3 is 0 Å². The van der Waals surface area contributed by atoms with Crippen LogP contribution < -0.4 is 5.73 Å². The van der Waals surface area contributed by atoms with E-state index in [4.69, 9.17) is 20.7 Å². The average molecular weight is 979 g/mol. The zero-order valence-electron chi connectivity index (χ0n) is 44.0. The quantitative estimate of drug-likeness (QED) is 0.139. The topological polar surface area (TPSA) is 74.5 Å². The molecule has 7 aromatic carbocycles. The van der Waals surface area contributed by atoms with E-state index in [1.807, 2.05) is 119 Å². The maximum Gasteiger partial charge on any atom is 0.164 e. The molecule has 0 radical (unpaired) electrons. The number of para-hydroxylation sites is 1. The second-order valence-corrected chi connectivity index (χ2v) is 17.7. The molecule has 6 heteroatoms. The molecule has 0 amide bonds. The number of fused-ring (bicyclic) bond motifs is 6. The number of nitrogens with two attached hydrogens (primary N) is 1. The summed E-state index contributed by atoms with van der Waals surface area (Å²) in [5.41, 5.74) is 21.5. The Kier molecular flexibility index (Phi) is 17.7. The molecule has 0 fully saturated rings. The maximum atomic E-state index is 5.70. The standard InChI is InChI=1S/C55H40N6.C7H12.C5H8.C2H6/c1-36-21-26-43(27-22-36)60-50-29-23-37(12-11-31-56)32-47(50)46-28-24-41(35-52(46)60)40-25-30-51-48(34-40)45-19-8-9-20-49(45)61(51)44-18-10-17-42(33-44)55-58-53(38-13-4-2-5-14-38)57-54(59-55)39-15-6-3-7-16-39;1-3-5-7-6-4-2;1-3-5-4-2;1-2/h2-31,33-35H,32,56H2,1H3;3,5-7H,4H2,1-2H3;3-5H,1H2,2H3;1-2H3/b31-11-,37-12-;5-3-,7-6-;5-4-;. The lowest BCUT2D eigenvalue weighted by atomic mass is 9.95. The molecule has 0 atom stereocenters. The molecule has 0 unspecified atom stereocenters. The molecule has 0 spiro atoms. The fourth-order valence-corrected chi connectivity index (χ4v) is 9.24. The smallest absolute Gasteiger partial charge is 0.164 e. The van der Waals surface area contributed by atoms with Crippen molar-refractivity contribution in [2.24, 2.45) is 5.73 Å². The van der Waals surface area contributed by atoms with E-state index < -0.39 is 0 Å². The molecule has 0 bridgehead atoms. The lowest BCUT2D eigenvalue weighted by Gasteiger charge is -2.14. The lowest BCUT2D eigenvalue weighted by molar-refractivity contribution is 1.06. The van der Waals surface area contributed by atoms with Gasteiger partial charge < -0.3 is 14.9 Å². The van der Waals surface area contributed by atoms with Gasteiger partial charge in [-0.1, -0.05) is 209 Å². The summed E-state index contributed by atoms with van der Waals surface area (Å²) < 4.78 is 4.77. The van der Waals surface area contributed by atoms with Crippen LogP contribution in [0.5, 0.6) is 0 Å². The third kappa shape index (κ3) is 11.9. The van der Waals surface area contributed by atoms with Crippen molar-refractivity contribution in [2.75, 3.05) is 0 Å². The highest BCUT2D eigenvalue weighted by Gasteiger charge is 2.22. The van der Waals surface area contributed by atoms with E-state index in [1.165, 1.54) is 49.6 Å². The Bertz CT molecular complexity index is 3670. The molecule has 6 nitrogen and oxygen atoms in total. The van der Waals surface area contributed by atoms with Gasteiger partial charge in [0, 0.05) is 50.6 Å². The summed E-state index contributed by atoms with van der Waals surface area (Å²) in [5.74, 6) is 1.91. The lowest BCUT2D eigenvalue weighted by Crippen LogP contribution is -2.01. The molecule has 1 aliphatic carbocycles.